The summed E-state index contributed by atoms with van der Waals surface area (Å²) in [6, 6.07) is 0. The van der Waals surface area contributed by atoms with Crippen LogP contribution in [0.4, 0.5) is 0 Å². The molecule has 0 saturated carbocycles. The summed E-state index contributed by atoms with van der Waals surface area (Å²) in [5.41, 5.74) is 0. The van der Waals surface area contributed by atoms with Crippen molar-refractivity contribution in [3.05, 3.63) is 6.92 Å². The van der Waals surface area contributed by atoms with Gasteiger partial charge in [0.15, 0.2) is 0 Å². The van der Waals surface area contributed by atoms with Crippen LogP contribution in [0, 0.1) is 12.8 Å². The van der Waals surface area contributed by atoms with Gasteiger partial charge in [-0.1, -0.05) is 220 Å². The van der Waals surface area contributed by atoms with Gasteiger partial charge < -0.3 is 0 Å². The molecule has 1 unspecified atom stereocenters. The summed E-state index contributed by atoms with van der Waals surface area (Å²) < 4.78 is 0. The Morgan fingerprint density at radius 2 is 0.543 bits per heavy atom. The highest BCUT2D eigenvalue weighted by Gasteiger charge is 2.07. The van der Waals surface area contributed by atoms with Crippen LogP contribution < -0.4 is 0 Å². The molecule has 0 rings (SSSR count). The van der Waals surface area contributed by atoms with E-state index in [2.05, 4.69) is 20.8 Å². The topological polar surface area (TPSA) is 0 Å². The fraction of sp³-hybridized carbons (Fsp3) is 0.971. The Labute approximate surface area is 225 Å². The molecule has 0 aromatic rings. The van der Waals surface area contributed by atoms with Gasteiger partial charge in [-0.3, -0.25) is 0 Å². The molecule has 35 heavy (non-hydrogen) atoms. The van der Waals surface area contributed by atoms with E-state index in [4.69, 9.17) is 0 Å². The van der Waals surface area contributed by atoms with E-state index in [0.717, 1.165) is 12.3 Å². The van der Waals surface area contributed by atoms with Crippen molar-refractivity contribution in [1.29, 1.82) is 0 Å². The van der Waals surface area contributed by atoms with E-state index < -0.39 is 0 Å². The molecule has 211 valence electrons. The van der Waals surface area contributed by atoms with E-state index in [0.29, 0.717) is 0 Å². The van der Waals surface area contributed by atoms with E-state index >= 15 is 0 Å². The van der Waals surface area contributed by atoms with Crippen molar-refractivity contribution >= 4 is 0 Å². The number of rotatable bonds is 31. The first-order valence-corrected chi connectivity index (χ1v) is 17.1. The predicted molar refractivity (Wildman–Crippen MR) is 163 cm³/mol. The minimum atomic E-state index is 0.970. The van der Waals surface area contributed by atoms with Crippen molar-refractivity contribution in [3.63, 3.8) is 0 Å². The normalized spacial score (nSPS) is 12.4. The quantitative estimate of drug-likeness (QED) is 0.0845. The maximum atomic E-state index is 4.15. The van der Waals surface area contributed by atoms with Gasteiger partial charge in [-0.25, -0.2) is 0 Å². The van der Waals surface area contributed by atoms with Gasteiger partial charge in [-0.15, -0.1) is 0 Å². The fourth-order valence-corrected chi connectivity index (χ4v) is 5.80. The van der Waals surface area contributed by atoms with Crippen LogP contribution in [0.3, 0.4) is 0 Å². The first-order chi connectivity index (χ1) is 17.3. The Morgan fingerprint density at radius 3 is 0.771 bits per heavy atom. The Bertz CT molecular complexity index is 346. The zero-order valence-electron chi connectivity index (χ0n) is 25.2. The summed E-state index contributed by atoms with van der Waals surface area (Å²) in [4.78, 5) is 0. The summed E-state index contributed by atoms with van der Waals surface area (Å²) >= 11 is 0. The number of hydrogen-bond donors (Lipinski definition) is 0. The maximum Gasteiger partial charge on any atom is -0.0414 e. The van der Waals surface area contributed by atoms with Crippen molar-refractivity contribution in [3.8, 4) is 0 Å². The highest BCUT2D eigenvalue weighted by molar-refractivity contribution is 4.62. The minimum absolute atomic E-state index is 0.970. The zero-order chi connectivity index (χ0) is 25.5. The number of hydrogen-bond acceptors (Lipinski definition) is 0. The number of unbranched alkanes of at least 4 members (excludes halogenated alkanes) is 25. The van der Waals surface area contributed by atoms with Crippen molar-refractivity contribution in [2.45, 2.75) is 213 Å². The highest BCUT2D eigenvalue weighted by Crippen LogP contribution is 2.23. The lowest BCUT2D eigenvalue weighted by Crippen LogP contribution is -2.00. The van der Waals surface area contributed by atoms with Gasteiger partial charge in [0, 0.05) is 0 Å². The highest BCUT2D eigenvalue weighted by atomic mass is 14.1. The van der Waals surface area contributed by atoms with E-state index in [-0.39, 0.29) is 0 Å². The third-order valence-electron chi connectivity index (χ3n) is 8.29. The monoisotopic (exact) mass is 492 g/mol. The SMILES string of the molecule is [CH2]CCC(CCCCCCCCCCC)CCCCCCCCCCCCCCCCCCCC. The maximum absolute atomic E-state index is 4.15. The zero-order valence-corrected chi connectivity index (χ0v) is 25.2. The molecule has 0 bridgehead atoms. The summed E-state index contributed by atoms with van der Waals surface area (Å²) in [6.07, 6.45) is 45.1. The van der Waals surface area contributed by atoms with Crippen LogP contribution in [0.25, 0.3) is 0 Å². The molecule has 0 saturated heterocycles. The van der Waals surface area contributed by atoms with Crippen LogP contribution in [0.2, 0.25) is 0 Å². The second-order valence-electron chi connectivity index (χ2n) is 11.9. The molecule has 0 aliphatic rings. The molecule has 0 aliphatic carbocycles. The van der Waals surface area contributed by atoms with Gasteiger partial charge in [-0.05, 0) is 5.92 Å². The molecule has 0 nitrogen and oxygen atoms in total. The average molecular weight is 492 g/mol. The van der Waals surface area contributed by atoms with E-state index in [1.165, 1.54) is 193 Å². The molecule has 0 aliphatic heterocycles. The van der Waals surface area contributed by atoms with E-state index in [9.17, 15) is 0 Å². The molecule has 0 heterocycles. The van der Waals surface area contributed by atoms with E-state index in [1.54, 1.807) is 0 Å². The predicted octanol–water partition coefficient (Wildman–Crippen LogP) is 13.6. The Balaban J connectivity index is 3.33. The summed E-state index contributed by atoms with van der Waals surface area (Å²) in [5, 5.41) is 0. The van der Waals surface area contributed by atoms with Crippen LogP contribution in [0.15, 0.2) is 0 Å². The Kier molecular flexibility index (Phi) is 32.0. The molecular formula is C35H71. The van der Waals surface area contributed by atoms with Gasteiger partial charge in [0.25, 0.3) is 0 Å². The first kappa shape index (κ1) is 35.0. The third kappa shape index (κ3) is 30.1. The summed E-state index contributed by atoms with van der Waals surface area (Å²) in [5.74, 6) is 0.970. The summed E-state index contributed by atoms with van der Waals surface area (Å²) in [6.45, 7) is 8.76. The van der Waals surface area contributed by atoms with Crippen molar-refractivity contribution < 1.29 is 0 Å². The summed E-state index contributed by atoms with van der Waals surface area (Å²) in [7, 11) is 0. The second-order valence-corrected chi connectivity index (χ2v) is 11.9. The average Bonchev–Trinajstić information content (AvgIpc) is 2.86. The van der Waals surface area contributed by atoms with Crippen molar-refractivity contribution in [2.75, 3.05) is 0 Å². The lowest BCUT2D eigenvalue weighted by molar-refractivity contribution is 0.381. The molecule has 0 N–H and O–H groups in total. The van der Waals surface area contributed by atoms with Gasteiger partial charge in [0.05, 0.1) is 0 Å². The molecule has 1 atom stereocenters. The minimum Gasteiger partial charge on any atom is -0.0654 e. The molecule has 0 aromatic carbocycles. The van der Waals surface area contributed by atoms with Gasteiger partial charge in [-0.2, -0.15) is 0 Å². The van der Waals surface area contributed by atoms with Crippen LogP contribution >= 0.6 is 0 Å². The standard InChI is InChI=1S/C35H71/c1-4-7-9-11-13-15-16-17-18-19-20-21-22-23-25-27-29-31-34-35(32-6-3)33-30-28-26-24-14-12-10-8-5-2/h35H,3-34H2,1-2H3. The molecule has 0 amide bonds. The molecular weight excluding hydrogens is 420 g/mol. The third-order valence-corrected chi connectivity index (χ3v) is 8.29. The first-order valence-electron chi connectivity index (χ1n) is 17.1. The van der Waals surface area contributed by atoms with Gasteiger partial charge in [0.1, 0.15) is 0 Å². The van der Waals surface area contributed by atoms with Crippen molar-refractivity contribution in [2.24, 2.45) is 5.92 Å². The lowest BCUT2D eigenvalue weighted by atomic mass is 9.90. The van der Waals surface area contributed by atoms with Crippen LogP contribution in [0.5, 0.6) is 0 Å². The lowest BCUT2D eigenvalue weighted by Gasteiger charge is -2.16. The molecule has 0 heteroatoms. The van der Waals surface area contributed by atoms with Crippen LogP contribution in [-0.4, -0.2) is 0 Å². The van der Waals surface area contributed by atoms with Crippen LogP contribution in [-0.2, 0) is 0 Å². The van der Waals surface area contributed by atoms with Gasteiger partial charge >= 0.3 is 0 Å². The molecule has 1 radical (unpaired) electrons. The fourth-order valence-electron chi connectivity index (χ4n) is 5.80. The van der Waals surface area contributed by atoms with E-state index in [1.807, 2.05) is 0 Å². The smallest absolute Gasteiger partial charge is 0.0414 e. The molecule has 0 aromatic heterocycles. The van der Waals surface area contributed by atoms with Gasteiger partial charge in [0.2, 0.25) is 0 Å². The van der Waals surface area contributed by atoms with Crippen molar-refractivity contribution in [1.82, 2.24) is 0 Å². The largest absolute Gasteiger partial charge is 0.0654 e. The molecule has 0 spiro atoms. The van der Waals surface area contributed by atoms with Crippen LogP contribution in [0.1, 0.15) is 213 Å². The Morgan fingerprint density at radius 1 is 0.314 bits per heavy atom. The Hall–Kier alpha value is 0. The second kappa shape index (κ2) is 32.0. The molecule has 0 fully saturated rings.